The molecule has 13 heteroatoms. The quantitative estimate of drug-likeness (QED) is 0.311. The monoisotopic (exact) mass is 565 g/mol. The van der Waals surface area contributed by atoms with Crippen molar-refractivity contribution in [2.75, 3.05) is 20.1 Å². The number of benzene rings is 1. The molecule has 2 unspecified atom stereocenters. The molecular weight excluding hydrogens is 529 g/mol. The zero-order chi connectivity index (χ0) is 29.5. The van der Waals surface area contributed by atoms with E-state index in [-0.39, 0.29) is 16.0 Å². The average Bonchev–Trinajstić information content (AvgIpc) is 3.31. The number of nitrogens with zero attached hydrogens (tertiary/aromatic N) is 2. The molecule has 4 N–H and O–H groups in total. The number of rotatable bonds is 9. The van der Waals surface area contributed by atoms with Gasteiger partial charge >= 0.3 is 18.6 Å². The van der Waals surface area contributed by atoms with Crippen molar-refractivity contribution in [1.29, 1.82) is 0 Å². The van der Waals surface area contributed by atoms with Gasteiger partial charge in [-0.2, -0.15) is 0 Å². The van der Waals surface area contributed by atoms with E-state index in [0.717, 1.165) is 5.56 Å². The Bertz CT molecular complexity index is 1330. The number of pyridine rings is 1. The fraction of sp³-hybridized carbons (Fsp3) is 0.464. The lowest BCUT2D eigenvalue weighted by Gasteiger charge is -2.52. The number of aliphatic hydroxyl groups excluding tert-OH is 1. The molecule has 7 atom stereocenters. The maximum atomic E-state index is 13.7. The van der Waals surface area contributed by atoms with Crippen molar-refractivity contribution in [1.82, 2.24) is 20.9 Å². The molecule has 12 nitrogen and oxygen atoms in total. The SMILES string of the molecule is CC(C)C[C@H](NC(=O)[C@@H](NC(=O)c1cccc(-c2ccccc2)n1)[C@@H](C)O)[B-]12OC(=O)[C@H]3CNC[C@@H](C(=O)O1)[N+]32C. The molecule has 41 heavy (non-hydrogen) atoms. The number of hydrogen-bond donors (Lipinski definition) is 4. The van der Waals surface area contributed by atoms with Gasteiger partial charge in [-0.1, -0.05) is 50.2 Å². The molecule has 3 aliphatic rings. The number of carbonyl (C=O) groups excluding carboxylic acids is 4. The summed E-state index contributed by atoms with van der Waals surface area (Å²) < 4.78 is 11.7. The number of nitrogens with one attached hydrogen (secondary N) is 3. The number of carbonyl (C=O) groups is 4. The predicted octanol–water partition coefficient (Wildman–Crippen LogP) is 0.137. The van der Waals surface area contributed by atoms with Crippen LogP contribution in [-0.2, 0) is 23.7 Å². The van der Waals surface area contributed by atoms with Gasteiger partial charge in [-0.15, -0.1) is 0 Å². The third kappa shape index (κ3) is 4.87. The number of aromatic nitrogens is 1. The second kappa shape index (κ2) is 10.9. The Morgan fingerprint density at radius 1 is 1.02 bits per heavy atom. The Labute approximate surface area is 238 Å². The Kier molecular flexibility index (Phi) is 7.62. The fourth-order valence-corrected chi connectivity index (χ4v) is 6.45. The minimum atomic E-state index is -2.67. The molecule has 3 saturated heterocycles. The van der Waals surface area contributed by atoms with Crippen LogP contribution in [0.15, 0.2) is 48.5 Å². The van der Waals surface area contributed by atoms with Crippen LogP contribution in [0.3, 0.4) is 0 Å². The van der Waals surface area contributed by atoms with Crippen LogP contribution in [-0.4, -0.2) is 95.2 Å². The summed E-state index contributed by atoms with van der Waals surface area (Å²) in [5, 5.41) is 19.1. The lowest BCUT2D eigenvalue weighted by atomic mass is 9.56. The Hall–Kier alpha value is -3.81. The van der Waals surface area contributed by atoms with Gasteiger partial charge in [0.25, 0.3) is 5.91 Å². The summed E-state index contributed by atoms with van der Waals surface area (Å²) in [6.07, 6.45) is -0.948. The first-order valence-corrected chi connectivity index (χ1v) is 14.0. The number of hydrogen-bond acceptors (Lipinski definition) is 9. The van der Waals surface area contributed by atoms with E-state index in [1.165, 1.54) is 13.0 Å². The molecule has 0 saturated carbocycles. The van der Waals surface area contributed by atoms with Crippen molar-refractivity contribution in [3.05, 3.63) is 54.2 Å². The van der Waals surface area contributed by atoms with Crippen molar-refractivity contribution >= 4 is 30.4 Å². The Balaban J connectivity index is 1.40. The topological polar surface area (TPSA) is 156 Å². The van der Waals surface area contributed by atoms with E-state index in [9.17, 15) is 24.3 Å². The van der Waals surface area contributed by atoms with Crippen molar-refractivity contribution in [3.63, 3.8) is 0 Å². The summed E-state index contributed by atoms with van der Waals surface area (Å²) in [4.78, 5) is 57.3. The predicted molar refractivity (Wildman–Crippen MR) is 149 cm³/mol. The van der Waals surface area contributed by atoms with Crippen molar-refractivity contribution in [3.8, 4) is 11.3 Å². The molecule has 0 aliphatic carbocycles. The smallest absolute Gasteiger partial charge is 0.599 e. The second-order valence-electron chi connectivity index (χ2n) is 11.7. The molecule has 0 radical (unpaired) electrons. The number of aliphatic hydroxyl groups is 1. The van der Waals surface area contributed by atoms with Gasteiger partial charge in [-0.05, 0) is 31.4 Å². The molecular formula is C28H36BN5O7. The van der Waals surface area contributed by atoms with E-state index in [0.29, 0.717) is 25.2 Å². The van der Waals surface area contributed by atoms with Crippen molar-refractivity contribution in [2.45, 2.75) is 57.4 Å². The van der Waals surface area contributed by atoms with Gasteiger partial charge in [0.15, 0.2) is 12.1 Å². The van der Waals surface area contributed by atoms with Gasteiger partial charge in [0.05, 0.1) is 30.8 Å². The van der Waals surface area contributed by atoms with Crippen LogP contribution in [0.4, 0.5) is 0 Å². The zero-order valence-electron chi connectivity index (χ0n) is 23.6. The minimum Gasteiger partial charge on any atom is -0.599 e. The van der Waals surface area contributed by atoms with Crippen LogP contribution in [0.2, 0.25) is 0 Å². The summed E-state index contributed by atoms with van der Waals surface area (Å²) in [7, 11) is 1.77. The highest BCUT2D eigenvalue weighted by molar-refractivity contribution is 6.68. The molecule has 3 fully saturated rings. The van der Waals surface area contributed by atoms with E-state index in [2.05, 4.69) is 20.9 Å². The zero-order valence-corrected chi connectivity index (χ0v) is 23.6. The van der Waals surface area contributed by atoms with Crippen LogP contribution in [0.25, 0.3) is 11.3 Å². The molecule has 1 aromatic heterocycles. The highest BCUT2D eigenvalue weighted by Gasteiger charge is 2.77. The maximum Gasteiger partial charge on any atom is 0.606 e. The second-order valence-corrected chi connectivity index (χ2v) is 11.7. The number of quaternary nitrogens is 1. The normalized spacial score (nSPS) is 28.7. The molecule has 218 valence electrons. The number of amides is 2. The van der Waals surface area contributed by atoms with Crippen molar-refractivity contribution in [2.24, 2.45) is 5.92 Å². The van der Waals surface area contributed by atoms with E-state index >= 15 is 0 Å². The molecule has 0 bridgehead atoms. The lowest BCUT2D eigenvalue weighted by molar-refractivity contribution is -0.846. The third-order valence-electron chi connectivity index (χ3n) is 8.57. The molecule has 5 rings (SSSR count). The van der Waals surface area contributed by atoms with Gasteiger partial charge in [0.1, 0.15) is 11.7 Å². The molecule has 3 aliphatic heterocycles. The highest BCUT2D eigenvalue weighted by atomic mass is 16.7. The third-order valence-corrected chi connectivity index (χ3v) is 8.57. The summed E-state index contributed by atoms with van der Waals surface area (Å²) >= 11 is 0. The van der Waals surface area contributed by atoms with Crippen LogP contribution in [0, 0.1) is 5.92 Å². The molecule has 1 aromatic carbocycles. The molecule has 4 heterocycles. The van der Waals surface area contributed by atoms with Crippen molar-refractivity contribution < 1.29 is 38.0 Å². The maximum absolute atomic E-state index is 13.7. The van der Waals surface area contributed by atoms with Gasteiger partial charge in [-0.25, -0.2) is 14.6 Å². The number of piperazine rings is 1. The van der Waals surface area contributed by atoms with Gasteiger partial charge in [-0.3, -0.25) is 9.59 Å². The van der Waals surface area contributed by atoms with Gasteiger partial charge in [0.2, 0.25) is 5.91 Å². The van der Waals surface area contributed by atoms with Gasteiger partial charge in [0, 0.05) is 12.6 Å². The van der Waals surface area contributed by atoms with Crippen LogP contribution >= 0.6 is 0 Å². The average molecular weight is 565 g/mol. The van der Waals surface area contributed by atoms with Crippen LogP contribution < -0.4 is 16.0 Å². The van der Waals surface area contributed by atoms with Gasteiger partial charge < -0.3 is 34.8 Å². The fourth-order valence-electron chi connectivity index (χ4n) is 6.45. The van der Waals surface area contributed by atoms with E-state index in [1.54, 1.807) is 19.2 Å². The Morgan fingerprint density at radius 2 is 1.66 bits per heavy atom. The molecule has 2 amide bonds. The largest absolute Gasteiger partial charge is 0.606 e. The standard InChI is InChI=1S/C28H36BN5O7/c1-16(2)13-23(29-34(4)21(27(38)40-29)14-30-15-22(34)28(39)41-29)32-26(37)24(17(3)35)33-25(36)20-12-8-11-19(31-20)18-9-6-5-7-10-18/h5-12,16-17,21-24,30,35H,13-15H2,1-4H3,(H,32,37)(H,33,36)/t17-,21-,22+,23+,24+,29?,34?/m1/s1. The summed E-state index contributed by atoms with van der Waals surface area (Å²) in [6, 6.07) is 11.6. The van der Waals surface area contributed by atoms with Crippen LogP contribution in [0.1, 0.15) is 37.7 Å². The first-order valence-electron chi connectivity index (χ1n) is 14.0. The number of likely N-dealkylation sites (N-methyl/N-ethyl adjacent to an activating group) is 1. The lowest BCUT2D eigenvalue weighted by Crippen LogP contribution is -2.78. The minimum absolute atomic E-state index is 0.0195. The summed E-state index contributed by atoms with van der Waals surface area (Å²) in [5.74, 6) is -3.20. The summed E-state index contributed by atoms with van der Waals surface area (Å²) in [6.45, 7) is 3.22. The molecule has 2 aromatic rings. The summed E-state index contributed by atoms with van der Waals surface area (Å²) in [5.41, 5.74) is 1.48. The van der Waals surface area contributed by atoms with E-state index < -0.39 is 60.6 Å². The van der Waals surface area contributed by atoms with E-state index in [1.807, 2.05) is 44.2 Å². The van der Waals surface area contributed by atoms with E-state index in [4.69, 9.17) is 9.31 Å². The molecule has 0 spiro atoms. The first kappa shape index (κ1) is 28.7. The van der Waals surface area contributed by atoms with Crippen LogP contribution in [0.5, 0.6) is 0 Å². The Morgan fingerprint density at radius 3 is 2.24 bits per heavy atom. The highest BCUT2D eigenvalue weighted by Crippen LogP contribution is 2.45. The first-order chi connectivity index (χ1) is 19.5.